The SMILES string of the molecule is CN1CC2CCN(C=O)C2C1. The molecule has 2 saturated heterocycles. The summed E-state index contributed by atoms with van der Waals surface area (Å²) >= 11 is 0. The van der Waals surface area contributed by atoms with Crippen molar-refractivity contribution >= 4 is 6.41 Å². The summed E-state index contributed by atoms with van der Waals surface area (Å²) in [6.45, 7) is 3.23. The lowest BCUT2D eigenvalue weighted by Crippen LogP contribution is -2.33. The lowest BCUT2D eigenvalue weighted by molar-refractivity contribution is -0.118. The second kappa shape index (κ2) is 2.48. The number of fused-ring (bicyclic) bond motifs is 1. The molecule has 2 heterocycles. The first-order valence-corrected chi connectivity index (χ1v) is 4.21. The third-order valence-corrected chi connectivity index (χ3v) is 2.91. The molecule has 2 rings (SSSR count). The smallest absolute Gasteiger partial charge is 0.210 e. The molecule has 0 aromatic rings. The Morgan fingerprint density at radius 2 is 2.27 bits per heavy atom. The van der Waals surface area contributed by atoms with Crippen LogP contribution in [0.25, 0.3) is 0 Å². The topological polar surface area (TPSA) is 23.6 Å². The van der Waals surface area contributed by atoms with Crippen LogP contribution in [0.5, 0.6) is 0 Å². The second-order valence-corrected chi connectivity index (χ2v) is 3.68. The van der Waals surface area contributed by atoms with Crippen molar-refractivity contribution in [1.82, 2.24) is 9.80 Å². The van der Waals surface area contributed by atoms with Crippen molar-refractivity contribution in [2.24, 2.45) is 5.92 Å². The third kappa shape index (κ3) is 1.03. The first kappa shape index (κ1) is 7.10. The van der Waals surface area contributed by atoms with E-state index >= 15 is 0 Å². The maximum atomic E-state index is 10.6. The molecule has 0 aliphatic carbocycles. The summed E-state index contributed by atoms with van der Waals surface area (Å²) in [6, 6.07) is 0.525. The Kier molecular flexibility index (Phi) is 1.60. The van der Waals surface area contributed by atoms with E-state index in [1.165, 1.54) is 13.0 Å². The molecule has 3 heteroatoms. The Morgan fingerprint density at radius 3 is 3.00 bits per heavy atom. The molecule has 2 unspecified atom stereocenters. The highest BCUT2D eigenvalue weighted by Crippen LogP contribution is 2.29. The van der Waals surface area contributed by atoms with Crippen molar-refractivity contribution in [2.75, 3.05) is 26.7 Å². The standard InChI is InChI=1S/C8H14N2O/c1-9-4-7-2-3-10(6-11)8(7)5-9/h6-8H,2-5H2,1H3. The van der Waals surface area contributed by atoms with Gasteiger partial charge in [0.2, 0.25) is 6.41 Å². The van der Waals surface area contributed by atoms with E-state index in [0.717, 1.165) is 25.4 Å². The predicted octanol–water partition coefficient (Wildman–Crippen LogP) is -0.221. The van der Waals surface area contributed by atoms with Gasteiger partial charge in [0.15, 0.2) is 0 Å². The Labute approximate surface area is 67.0 Å². The Balaban J connectivity index is 2.06. The van der Waals surface area contributed by atoms with Gasteiger partial charge in [-0.2, -0.15) is 0 Å². The van der Waals surface area contributed by atoms with Gasteiger partial charge in [0, 0.05) is 25.7 Å². The van der Waals surface area contributed by atoms with Crippen LogP contribution in [0.4, 0.5) is 0 Å². The molecule has 2 aliphatic rings. The summed E-state index contributed by atoms with van der Waals surface area (Å²) in [6.07, 6.45) is 2.21. The lowest BCUT2D eigenvalue weighted by atomic mass is 10.1. The highest BCUT2D eigenvalue weighted by atomic mass is 16.1. The first-order valence-electron chi connectivity index (χ1n) is 4.21. The normalized spacial score (nSPS) is 37.7. The van der Waals surface area contributed by atoms with Gasteiger partial charge in [0.1, 0.15) is 0 Å². The van der Waals surface area contributed by atoms with Crippen molar-refractivity contribution < 1.29 is 4.79 Å². The Bertz CT molecular complexity index is 171. The van der Waals surface area contributed by atoms with Crippen molar-refractivity contribution in [3.05, 3.63) is 0 Å². The molecule has 2 aliphatic heterocycles. The van der Waals surface area contributed by atoms with Gasteiger partial charge in [-0.15, -0.1) is 0 Å². The molecule has 62 valence electrons. The molecule has 0 saturated carbocycles. The van der Waals surface area contributed by atoms with E-state index in [0.29, 0.717) is 6.04 Å². The van der Waals surface area contributed by atoms with Gasteiger partial charge in [0.25, 0.3) is 0 Å². The number of hydrogen-bond donors (Lipinski definition) is 0. The summed E-state index contributed by atoms with van der Waals surface area (Å²) in [5.41, 5.74) is 0. The fraction of sp³-hybridized carbons (Fsp3) is 0.875. The van der Waals surface area contributed by atoms with Crippen LogP contribution >= 0.6 is 0 Å². The number of amides is 1. The molecule has 2 atom stereocenters. The van der Waals surface area contributed by atoms with E-state index in [2.05, 4.69) is 11.9 Å². The van der Waals surface area contributed by atoms with Crippen LogP contribution in [0, 0.1) is 5.92 Å². The van der Waals surface area contributed by atoms with Gasteiger partial charge >= 0.3 is 0 Å². The van der Waals surface area contributed by atoms with Crippen LogP contribution in [0.1, 0.15) is 6.42 Å². The van der Waals surface area contributed by atoms with E-state index in [-0.39, 0.29) is 0 Å². The number of likely N-dealkylation sites (tertiary alicyclic amines) is 2. The van der Waals surface area contributed by atoms with Gasteiger partial charge < -0.3 is 9.80 Å². The average Bonchev–Trinajstić information content (AvgIpc) is 2.45. The maximum Gasteiger partial charge on any atom is 0.210 e. The summed E-state index contributed by atoms with van der Waals surface area (Å²) in [5.74, 6) is 0.755. The quantitative estimate of drug-likeness (QED) is 0.487. The molecular weight excluding hydrogens is 140 g/mol. The van der Waals surface area contributed by atoms with Crippen LogP contribution in [0.2, 0.25) is 0 Å². The van der Waals surface area contributed by atoms with Crippen LogP contribution < -0.4 is 0 Å². The third-order valence-electron chi connectivity index (χ3n) is 2.91. The highest BCUT2D eigenvalue weighted by Gasteiger charge is 2.39. The zero-order valence-electron chi connectivity index (χ0n) is 6.86. The van der Waals surface area contributed by atoms with E-state index < -0.39 is 0 Å². The highest BCUT2D eigenvalue weighted by molar-refractivity contribution is 5.49. The largest absolute Gasteiger partial charge is 0.341 e. The molecule has 0 bridgehead atoms. The minimum absolute atomic E-state index is 0.525. The van der Waals surface area contributed by atoms with Crippen LogP contribution in [0.15, 0.2) is 0 Å². The monoisotopic (exact) mass is 154 g/mol. The fourth-order valence-electron chi connectivity index (χ4n) is 2.34. The first-order chi connectivity index (χ1) is 5.31. The lowest BCUT2D eigenvalue weighted by Gasteiger charge is -2.18. The zero-order chi connectivity index (χ0) is 7.84. The van der Waals surface area contributed by atoms with Gasteiger partial charge in [0.05, 0.1) is 0 Å². The summed E-state index contributed by atoms with van der Waals surface area (Å²) in [5, 5.41) is 0. The van der Waals surface area contributed by atoms with Crippen molar-refractivity contribution in [2.45, 2.75) is 12.5 Å². The maximum absolute atomic E-state index is 10.6. The number of likely N-dealkylation sites (N-methyl/N-ethyl adjacent to an activating group) is 1. The summed E-state index contributed by atoms with van der Waals surface area (Å²) in [7, 11) is 2.13. The van der Waals surface area contributed by atoms with Gasteiger partial charge in [-0.1, -0.05) is 0 Å². The average molecular weight is 154 g/mol. The van der Waals surface area contributed by atoms with E-state index in [1.54, 1.807) is 0 Å². The van der Waals surface area contributed by atoms with E-state index in [4.69, 9.17) is 0 Å². The van der Waals surface area contributed by atoms with Crippen LogP contribution in [-0.4, -0.2) is 48.9 Å². The predicted molar refractivity (Wildman–Crippen MR) is 42.2 cm³/mol. The molecule has 0 aromatic carbocycles. The molecule has 0 spiro atoms. The van der Waals surface area contributed by atoms with E-state index in [1.807, 2.05) is 4.90 Å². The van der Waals surface area contributed by atoms with Crippen LogP contribution in [-0.2, 0) is 4.79 Å². The summed E-state index contributed by atoms with van der Waals surface area (Å²) < 4.78 is 0. The number of hydrogen-bond acceptors (Lipinski definition) is 2. The number of carbonyl (C=O) groups excluding carboxylic acids is 1. The van der Waals surface area contributed by atoms with Crippen molar-refractivity contribution in [3.63, 3.8) is 0 Å². The molecule has 0 radical (unpaired) electrons. The minimum Gasteiger partial charge on any atom is -0.341 e. The summed E-state index contributed by atoms with van der Waals surface area (Å²) in [4.78, 5) is 14.8. The Hall–Kier alpha value is -0.570. The van der Waals surface area contributed by atoms with E-state index in [9.17, 15) is 4.79 Å². The van der Waals surface area contributed by atoms with Crippen molar-refractivity contribution in [1.29, 1.82) is 0 Å². The number of nitrogens with zero attached hydrogens (tertiary/aromatic N) is 2. The van der Waals surface area contributed by atoms with Gasteiger partial charge in [-0.3, -0.25) is 4.79 Å². The second-order valence-electron chi connectivity index (χ2n) is 3.68. The fourth-order valence-corrected chi connectivity index (χ4v) is 2.34. The molecule has 2 fully saturated rings. The van der Waals surface area contributed by atoms with Crippen LogP contribution in [0.3, 0.4) is 0 Å². The number of rotatable bonds is 1. The van der Waals surface area contributed by atoms with Gasteiger partial charge in [-0.25, -0.2) is 0 Å². The minimum atomic E-state index is 0.525. The van der Waals surface area contributed by atoms with Gasteiger partial charge in [-0.05, 0) is 19.4 Å². The van der Waals surface area contributed by atoms with Crippen molar-refractivity contribution in [3.8, 4) is 0 Å². The molecule has 0 N–H and O–H groups in total. The molecule has 3 nitrogen and oxygen atoms in total. The molecular formula is C8H14N2O. The molecule has 1 amide bonds. The molecule has 0 aromatic heterocycles. The molecule has 11 heavy (non-hydrogen) atoms. The number of carbonyl (C=O) groups is 1. The Morgan fingerprint density at radius 1 is 1.45 bits per heavy atom. The zero-order valence-corrected chi connectivity index (χ0v) is 6.86.